The maximum Gasteiger partial charge on any atom is 0.243 e. The standard InChI is InChI=1S/C11H21N3O/c1-6-12-8(2)10-13-9(14-15-10)7-11(3,4)5/h8,12H,6-7H2,1-5H3. The average Bonchev–Trinajstić information content (AvgIpc) is 2.50. The van der Waals surface area contributed by atoms with Gasteiger partial charge in [-0.05, 0) is 18.9 Å². The van der Waals surface area contributed by atoms with Crippen LogP contribution < -0.4 is 5.32 Å². The van der Waals surface area contributed by atoms with Crippen LogP contribution in [0.15, 0.2) is 4.52 Å². The number of rotatable bonds is 4. The minimum atomic E-state index is 0.135. The van der Waals surface area contributed by atoms with Crippen molar-refractivity contribution < 1.29 is 4.52 Å². The molecule has 0 radical (unpaired) electrons. The lowest BCUT2D eigenvalue weighted by Crippen LogP contribution is -2.18. The van der Waals surface area contributed by atoms with Gasteiger partial charge in [0.15, 0.2) is 5.82 Å². The molecule has 0 aromatic carbocycles. The maximum absolute atomic E-state index is 5.20. The molecule has 1 unspecified atom stereocenters. The average molecular weight is 211 g/mol. The van der Waals surface area contributed by atoms with E-state index in [4.69, 9.17) is 4.52 Å². The van der Waals surface area contributed by atoms with Crippen molar-refractivity contribution in [2.24, 2.45) is 5.41 Å². The van der Waals surface area contributed by atoms with Gasteiger partial charge in [-0.2, -0.15) is 4.98 Å². The smallest absolute Gasteiger partial charge is 0.243 e. The van der Waals surface area contributed by atoms with Crippen LogP contribution in [0.5, 0.6) is 0 Å². The lowest BCUT2D eigenvalue weighted by atomic mass is 9.92. The highest BCUT2D eigenvalue weighted by atomic mass is 16.5. The van der Waals surface area contributed by atoms with Gasteiger partial charge >= 0.3 is 0 Å². The second kappa shape index (κ2) is 4.75. The number of nitrogens with one attached hydrogen (secondary N) is 1. The summed E-state index contributed by atoms with van der Waals surface area (Å²) in [6, 6.07) is 0.135. The molecule has 1 rings (SSSR count). The van der Waals surface area contributed by atoms with Crippen molar-refractivity contribution in [2.75, 3.05) is 6.54 Å². The zero-order valence-corrected chi connectivity index (χ0v) is 10.3. The number of nitrogens with zero attached hydrogens (tertiary/aromatic N) is 2. The Labute approximate surface area is 91.5 Å². The van der Waals surface area contributed by atoms with E-state index in [0.717, 1.165) is 18.8 Å². The van der Waals surface area contributed by atoms with Gasteiger partial charge in [-0.15, -0.1) is 0 Å². The van der Waals surface area contributed by atoms with E-state index in [0.29, 0.717) is 5.89 Å². The summed E-state index contributed by atoms with van der Waals surface area (Å²) < 4.78 is 5.20. The Morgan fingerprint density at radius 2 is 2.07 bits per heavy atom. The Morgan fingerprint density at radius 1 is 1.40 bits per heavy atom. The van der Waals surface area contributed by atoms with Crippen molar-refractivity contribution in [1.82, 2.24) is 15.5 Å². The van der Waals surface area contributed by atoms with Crippen LogP contribution >= 0.6 is 0 Å². The molecule has 15 heavy (non-hydrogen) atoms. The van der Waals surface area contributed by atoms with Crippen molar-refractivity contribution in [3.63, 3.8) is 0 Å². The molecule has 0 amide bonds. The Bertz CT molecular complexity index is 301. The molecule has 1 aromatic heterocycles. The van der Waals surface area contributed by atoms with Crippen LogP contribution in [0.25, 0.3) is 0 Å². The summed E-state index contributed by atoms with van der Waals surface area (Å²) in [4.78, 5) is 4.37. The van der Waals surface area contributed by atoms with E-state index in [2.05, 4.69) is 43.2 Å². The molecule has 0 fully saturated rings. The Kier molecular flexibility index (Phi) is 3.85. The fraction of sp³-hybridized carbons (Fsp3) is 0.818. The Hall–Kier alpha value is -0.900. The van der Waals surface area contributed by atoms with Gasteiger partial charge in [0, 0.05) is 6.42 Å². The third-order valence-corrected chi connectivity index (χ3v) is 2.05. The van der Waals surface area contributed by atoms with Crippen LogP contribution in [0.4, 0.5) is 0 Å². The topological polar surface area (TPSA) is 51.0 Å². The summed E-state index contributed by atoms with van der Waals surface area (Å²) in [5, 5.41) is 7.22. The van der Waals surface area contributed by atoms with E-state index >= 15 is 0 Å². The molecule has 0 aliphatic carbocycles. The molecule has 1 heterocycles. The Balaban J connectivity index is 2.64. The molecule has 0 bridgehead atoms. The normalized spacial score (nSPS) is 14.2. The van der Waals surface area contributed by atoms with Crippen molar-refractivity contribution in [3.05, 3.63) is 11.7 Å². The van der Waals surface area contributed by atoms with Gasteiger partial charge < -0.3 is 9.84 Å². The van der Waals surface area contributed by atoms with E-state index in [1.165, 1.54) is 0 Å². The van der Waals surface area contributed by atoms with Gasteiger partial charge in [-0.25, -0.2) is 0 Å². The molecule has 0 aliphatic heterocycles. The van der Waals surface area contributed by atoms with Crippen LogP contribution in [0.2, 0.25) is 0 Å². The van der Waals surface area contributed by atoms with Crippen LogP contribution in [0.1, 0.15) is 52.4 Å². The van der Waals surface area contributed by atoms with E-state index in [1.54, 1.807) is 0 Å². The fourth-order valence-corrected chi connectivity index (χ4v) is 1.38. The molecule has 86 valence electrons. The highest BCUT2D eigenvalue weighted by molar-refractivity contribution is 4.93. The van der Waals surface area contributed by atoms with Crippen molar-refractivity contribution >= 4 is 0 Å². The SMILES string of the molecule is CCNC(C)c1nc(CC(C)(C)C)no1. The van der Waals surface area contributed by atoms with Gasteiger partial charge in [-0.3, -0.25) is 0 Å². The molecule has 1 atom stereocenters. The second-order valence-electron chi connectivity index (χ2n) is 5.07. The van der Waals surface area contributed by atoms with Gasteiger partial charge in [-0.1, -0.05) is 32.9 Å². The van der Waals surface area contributed by atoms with Gasteiger partial charge in [0.1, 0.15) is 0 Å². The number of hydrogen-bond donors (Lipinski definition) is 1. The second-order valence-corrected chi connectivity index (χ2v) is 5.07. The first kappa shape index (κ1) is 12.2. The first-order valence-electron chi connectivity index (χ1n) is 5.48. The maximum atomic E-state index is 5.20. The quantitative estimate of drug-likeness (QED) is 0.830. The largest absolute Gasteiger partial charge is 0.338 e. The monoisotopic (exact) mass is 211 g/mol. The summed E-state index contributed by atoms with van der Waals surface area (Å²) in [5.74, 6) is 1.47. The lowest BCUT2D eigenvalue weighted by Gasteiger charge is -2.14. The third-order valence-electron chi connectivity index (χ3n) is 2.05. The van der Waals surface area contributed by atoms with Crippen LogP contribution in [0, 0.1) is 5.41 Å². The van der Waals surface area contributed by atoms with Crippen molar-refractivity contribution in [3.8, 4) is 0 Å². The molecule has 0 saturated carbocycles. The molecule has 1 N–H and O–H groups in total. The van der Waals surface area contributed by atoms with Gasteiger partial charge in [0.25, 0.3) is 0 Å². The number of aromatic nitrogens is 2. The van der Waals surface area contributed by atoms with Crippen molar-refractivity contribution in [2.45, 2.75) is 47.1 Å². The molecule has 0 spiro atoms. The first-order chi connectivity index (χ1) is 6.92. The summed E-state index contributed by atoms with van der Waals surface area (Å²) in [5.41, 5.74) is 0.197. The highest BCUT2D eigenvalue weighted by Gasteiger charge is 2.18. The predicted octanol–water partition coefficient (Wildman–Crippen LogP) is 2.33. The summed E-state index contributed by atoms with van der Waals surface area (Å²) >= 11 is 0. The van der Waals surface area contributed by atoms with E-state index in [-0.39, 0.29) is 11.5 Å². The predicted molar refractivity (Wildman–Crippen MR) is 59.5 cm³/mol. The zero-order chi connectivity index (χ0) is 11.5. The molecule has 4 nitrogen and oxygen atoms in total. The zero-order valence-electron chi connectivity index (χ0n) is 10.3. The minimum Gasteiger partial charge on any atom is -0.338 e. The fourth-order valence-electron chi connectivity index (χ4n) is 1.38. The van der Waals surface area contributed by atoms with Crippen LogP contribution in [-0.2, 0) is 6.42 Å². The van der Waals surface area contributed by atoms with Gasteiger partial charge in [0.2, 0.25) is 5.89 Å². The molecule has 4 heteroatoms. The molecular weight excluding hydrogens is 190 g/mol. The van der Waals surface area contributed by atoms with E-state index < -0.39 is 0 Å². The first-order valence-corrected chi connectivity index (χ1v) is 5.48. The van der Waals surface area contributed by atoms with E-state index in [1.807, 2.05) is 6.92 Å². The Morgan fingerprint density at radius 3 is 2.60 bits per heavy atom. The summed E-state index contributed by atoms with van der Waals surface area (Å²) in [6.07, 6.45) is 0.843. The minimum absolute atomic E-state index is 0.135. The summed E-state index contributed by atoms with van der Waals surface area (Å²) in [7, 11) is 0. The third kappa shape index (κ3) is 4.00. The van der Waals surface area contributed by atoms with E-state index in [9.17, 15) is 0 Å². The van der Waals surface area contributed by atoms with Crippen LogP contribution in [0.3, 0.4) is 0 Å². The molecule has 0 saturated heterocycles. The molecule has 1 aromatic rings. The lowest BCUT2D eigenvalue weighted by molar-refractivity contribution is 0.331. The van der Waals surface area contributed by atoms with Gasteiger partial charge in [0.05, 0.1) is 6.04 Å². The number of hydrogen-bond acceptors (Lipinski definition) is 4. The summed E-state index contributed by atoms with van der Waals surface area (Å²) in [6.45, 7) is 11.5. The van der Waals surface area contributed by atoms with Crippen molar-refractivity contribution in [1.29, 1.82) is 0 Å². The molecular formula is C11H21N3O. The highest BCUT2D eigenvalue weighted by Crippen LogP contribution is 2.19. The molecule has 0 aliphatic rings. The van der Waals surface area contributed by atoms with Crippen LogP contribution in [-0.4, -0.2) is 16.7 Å².